The molecule has 0 atom stereocenters. The molecule has 0 saturated carbocycles. The zero-order valence-electron chi connectivity index (χ0n) is 12.0. The van der Waals surface area contributed by atoms with Crippen LogP contribution in [0.5, 0.6) is 17.5 Å². The average Bonchev–Trinajstić information content (AvgIpc) is 2.50. The average molecular weight is 289 g/mol. The minimum atomic E-state index is 0.122. The molecule has 0 spiro atoms. The van der Waals surface area contributed by atoms with Crippen LogP contribution in [0.4, 0.5) is 5.69 Å². The highest BCUT2D eigenvalue weighted by Crippen LogP contribution is 2.30. The number of hydrogen-bond acceptors (Lipinski definition) is 6. The molecule has 0 amide bonds. The summed E-state index contributed by atoms with van der Waals surface area (Å²) in [7, 11) is 0. The van der Waals surface area contributed by atoms with Gasteiger partial charge in [-0.3, -0.25) is 0 Å². The van der Waals surface area contributed by atoms with Gasteiger partial charge in [-0.1, -0.05) is 19.1 Å². The Morgan fingerprint density at radius 3 is 2.52 bits per heavy atom. The van der Waals surface area contributed by atoms with Crippen molar-refractivity contribution in [2.24, 2.45) is 0 Å². The summed E-state index contributed by atoms with van der Waals surface area (Å²) in [6.45, 7) is 2.66. The second-order valence-electron chi connectivity index (χ2n) is 4.47. The molecule has 0 unspecified atom stereocenters. The van der Waals surface area contributed by atoms with E-state index in [9.17, 15) is 0 Å². The molecule has 1 heterocycles. The predicted molar refractivity (Wildman–Crippen MR) is 79.5 cm³/mol. The Morgan fingerprint density at radius 2 is 1.86 bits per heavy atom. The highest BCUT2D eigenvalue weighted by Gasteiger charge is 2.11. The summed E-state index contributed by atoms with van der Waals surface area (Å²) in [6.07, 6.45) is 2.84. The van der Waals surface area contributed by atoms with Crippen molar-refractivity contribution in [2.75, 3.05) is 18.9 Å². The number of nitrogens with zero attached hydrogens (tertiary/aromatic N) is 2. The zero-order valence-corrected chi connectivity index (χ0v) is 12.0. The van der Waals surface area contributed by atoms with Crippen LogP contribution in [-0.2, 0) is 6.42 Å². The van der Waals surface area contributed by atoms with Crippen LogP contribution in [0.2, 0.25) is 0 Å². The van der Waals surface area contributed by atoms with E-state index in [1.54, 1.807) is 12.1 Å². The SMILES string of the molecule is CCCOc1ncnc(Oc2ccc(CCO)cc2)c1N. The summed E-state index contributed by atoms with van der Waals surface area (Å²) in [5, 5.41) is 8.88. The molecule has 0 aliphatic heterocycles. The lowest BCUT2D eigenvalue weighted by Crippen LogP contribution is -2.04. The molecule has 2 rings (SSSR count). The molecule has 6 nitrogen and oxygen atoms in total. The number of rotatable bonds is 7. The van der Waals surface area contributed by atoms with E-state index in [0.29, 0.717) is 24.7 Å². The van der Waals surface area contributed by atoms with Gasteiger partial charge in [-0.2, -0.15) is 9.97 Å². The number of aliphatic hydroxyl groups is 1. The quantitative estimate of drug-likeness (QED) is 0.812. The number of nitrogen functional groups attached to an aromatic ring is 1. The Labute approximate surface area is 123 Å². The Kier molecular flexibility index (Phi) is 5.34. The summed E-state index contributed by atoms with van der Waals surface area (Å²) in [5.74, 6) is 1.22. The van der Waals surface area contributed by atoms with Crippen molar-refractivity contribution in [2.45, 2.75) is 19.8 Å². The largest absolute Gasteiger partial charge is 0.476 e. The molecule has 0 bridgehead atoms. The van der Waals surface area contributed by atoms with E-state index in [2.05, 4.69) is 9.97 Å². The normalized spacial score (nSPS) is 10.4. The van der Waals surface area contributed by atoms with Crippen molar-refractivity contribution in [3.05, 3.63) is 36.2 Å². The molecule has 1 aromatic carbocycles. The fourth-order valence-electron chi connectivity index (χ4n) is 1.72. The zero-order chi connectivity index (χ0) is 15.1. The summed E-state index contributed by atoms with van der Waals surface area (Å²) < 4.78 is 11.1. The number of aromatic nitrogens is 2. The highest BCUT2D eigenvalue weighted by atomic mass is 16.5. The second-order valence-corrected chi connectivity index (χ2v) is 4.47. The number of nitrogens with two attached hydrogens (primary N) is 1. The first-order valence-corrected chi connectivity index (χ1v) is 6.85. The van der Waals surface area contributed by atoms with Gasteiger partial charge in [-0.25, -0.2) is 0 Å². The number of ether oxygens (including phenoxy) is 2. The summed E-state index contributed by atoms with van der Waals surface area (Å²) in [4.78, 5) is 8.01. The third kappa shape index (κ3) is 4.06. The van der Waals surface area contributed by atoms with Crippen LogP contribution in [0.3, 0.4) is 0 Å². The third-order valence-electron chi connectivity index (χ3n) is 2.79. The lowest BCUT2D eigenvalue weighted by molar-refractivity contribution is 0.299. The molecule has 6 heteroatoms. The van der Waals surface area contributed by atoms with Crippen LogP contribution < -0.4 is 15.2 Å². The van der Waals surface area contributed by atoms with Crippen molar-refractivity contribution >= 4 is 5.69 Å². The van der Waals surface area contributed by atoms with Gasteiger partial charge >= 0.3 is 0 Å². The Balaban J connectivity index is 2.11. The summed E-state index contributed by atoms with van der Waals surface area (Å²) in [6, 6.07) is 7.38. The number of aliphatic hydroxyl groups excluding tert-OH is 1. The summed E-state index contributed by atoms with van der Waals surface area (Å²) in [5.41, 5.74) is 7.26. The topological polar surface area (TPSA) is 90.5 Å². The summed E-state index contributed by atoms with van der Waals surface area (Å²) >= 11 is 0. The van der Waals surface area contributed by atoms with E-state index < -0.39 is 0 Å². The van der Waals surface area contributed by atoms with Crippen LogP contribution in [0.1, 0.15) is 18.9 Å². The van der Waals surface area contributed by atoms with Gasteiger partial charge in [0, 0.05) is 6.61 Å². The highest BCUT2D eigenvalue weighted by molar-refractivity contribution is 5.56. The van der Waals surface area contributed by atoms with E-state index >= 15 is 0 Å². The van der Waals surface area contributed by atoms with Gasteiger partial charge in [0.15, 0.2) is 5.69 Å². The molecule has 2 aromatic rings. The minimum Gasteiger partial charge on any atom is -0.476 e. The molecule has 1 aromatic heterocycles. The van der Waals surface area contributed by atoms with Crippen LogP contribution in [0.15, 0.2) is 30.6 Å². The fourth-order valence-corrected chi connectivity index (χ4v) is 1.72. The second kappa shape index (κ2) is 7.44. The van der Waals surface area contributed by atoms with Gasteiger partial charge in [0.1, 0.15) is 12.1 Å². The standard InChI is InChI=1S/C15H19N3O3/c1-2-9-20-14-13(16)15(18-10-17-14)21-12-5-3-11(4-6-12)7-8-19/h3-6,10,19H,2,7-9,16H2,1H3. The smallest absolute Gasteiger partial charge is 0.249 e. The molecule has 0 aliphatic carbocycles. The molecular formula is C15H19N3O3. The van der Waals surface area contributed by atoms with Crippen molar-refractivity contribution in [3.8, 4) is 17.5 Å². The van der Waals surface area contributed by atoms with E-state index in [-0.39, 0.29) is 18.2 Å². The molecule has 0 saturated heterocycles. The van der Waals surface area contributed by atoms with Gasteiger partial charge in [0.05, 0.1) is 6.61 Å². The lowest BCUT2D eigenvalue weighted by Gasteiger charge is -2.10. The van der Waals surface area contributed by atoms with Crippen molar-refractivity contribution < 1.29 is 14.6 Å². The molecule has 0 radical (unpaired) electrons. The Morgan fingerprint density at radius 1 is 1.14 bits per heavy atom. The first-order chi connectivity index (χ1) is 10.2. The molecule has 112 valence electrons. The van der Waals surface area contributed by atoms with Crippen LogP contribution >= 0.6 is 0 Å². The Hall–Kier alpha value is -2.34. The third-order valence-corrected chi connectivity index (χ3v) is 2.79. The molecule has 21 heavy (non-hydrogen) atoms. The van der Waals surface area contributed by atoms with Gasteiger partial charge in [0.25, 0.3) is 0 Å². The van der Waals surface area contributed by atoms with E-state index in [1.165, 1.54) is 6.33 Å². The monoisotopic (exact) mass is 289 g/mol. The van der Waals surface area contributed by atoms with Crippen molar-refractivity contribution in [3.63, 3.8) is 0 Å². The predicted octanol–water partition coefficient (Wildman–Crippen LogP) is 2.17. The lowest BCUT2D eigenvalue weighted by atomic mass is 10.1. The minimum absolute atomic E-state index is 0.122. The van der Waals surface area contributed by atoms with Crippen molar-refractivity contribution in [1.29, 1.82) is 0 Å². The first-order valence-electron chi connectivity index (χ1n) is 6.85. The van der Waals surface area contributed by atoms with E-state index in [4.69, 9.17) is 20.3 Å². The molecule has 3 N–H and O–H groups in total. The first kappa shape index (κ1) is 15.1. The van der Waals surface area contributed by atoms with E-state index in [1.807, 2.05) is 19.1 Å². The van der Waals surface area contributed by atoms with Gasteiger partial charge in [0.2, 0.25) is 11.8 Å². The van der Waals surface area contributed by atoms with Crippen LogP contribution in [0, 0.1) is 0 Å². The maximum Gasteiger partial charge on any atom is 0.249 e. The number of benzene rings is 1. The molecular weight excluding hydrogens is 270 g/mol. The van der Waals surface area contributed by atoms with Crippen LogP contribution in [-0.4, -0.2) is 28.3 Å². The van der Waals surface area contributed by atoms with Gasteiger partial charge in [-0.05, 0) is 30.5 Å². The maximum absolute atomic E-state index is 8.88. The van der Waals surface area contributed by atoms with E-state index in [0.717, 1.165) is 12.0 Å². The van der Waals surface area contributed by atoms with Gasteiger partial charge in [-0.15, -0.1) is 0 Å². The van der Waals surface area contributed by atoms with Gasteiger partial charge < -0.3 is 20.3 Å². The van der Waals surface area contributed by atoms with Crippen LogP contribution in [0.25, 0.3) is 0 Å². The van der Waals surface area contributed by atoms with Crippen molar-refractivity contribution in [1.82, 2.24) is 9.97 Å². The molecule has 0 aliphatic rings. The number of anilines is 1. The Bertz CT molecular complexity index is 573. The molecule has 0 fully saturated rings. The number of hydrogen-bond donors (Lipinski definition) is 2. The maximum atomic E-state index is 8.88. The fraction of sp³-hybridized carbons (Fsp3) is 0.333.